The zero-order valence-corrected chi connectivity index (χ0v) is 11.9. The Kier molecular flexibility index (Phi) is 4.42. The van der Waals surface area contributed by atoms with Crippen molar-refractivity contribution in [1.82, 2.24) is 4.90 Å². The summed E-state index contributed by atoms with van der Waals surface area (Å²) in [5.74, 6) is -0.387. The lowest BCUT2D eigenvalue weighted by molar-refractivity contribution is -0.121. The van der Waals surface area contributed by atoms with Crippen molar-refractivity contribution >= 4 is 33.6 Å². The summed E-state index contributed by atoms with van der Waals surface area (Å²) in [6, 6.07) is 7.31. The second-order valence-electron chi connectivity index (χ2n) is 4.56. The first kappa shape index (κ1) is 13.9. The van der Waals surface area contributed by atoms with E-state index in [-0.39, 0.29) is 18.4 Å². The zero-order valence-electron chi connectivity index (χ0n) is 10.3. The average Bonchev–Trinajstić information content (AvgIpc) is 2.41. The molecule has 1 aliphatic rings. The molecule has 2 rings (SSSR count). The number of carboxylic acid groups (broad SMARTS) is 1. The number of carbonyl (C=O) groups excluding carboxylic acids is 1. The van der Waals surface area contributed by atoms with E-state index in [1.165, 1.54) is 4.90 Å². The van der Waals surface area contributed by atoms with Gasteiger partial charge < -0.3 is 15.3 Å². The van der Waals surface area contributed by atoms with Crippen molar-refractivity contribution in [1.29, 1.82) is 0 Å². The summed E-state index contributed by atoms with van der Waals surface area (Å²) < 4.78 is 0.945. The van der Waals surface area contributed by atoms with Crippen molar-refractivity contribution in [2.45, 2.75) is 12.8 Å². The average molecular weight is 327 g/mol. The van der Waals surface area contributed by atoms with E-state index in [1.807, 2.05) is 12.1 Å². The second kappa shape index (κ2) is 6.06. The van der Waals surface area contributed by atoms with Gasteiger partial charge in [-0.25, -0.2) is 4.79 Å². The normalized spacial score (nSPS) is 19.0. The molecule has 0 aliphatic carbocycles. The van der Waals surface area contributed by atoms with E-state index in [1.54, 1.807) is 12.1 Å². The summed E-state index contributed by atoms with van der Waals surface area (Å²) >= 11 is 3.33. The Balaban J connectivity index is 1.96. The number of amides is 2. The number of halogens is 1. The highest BCUT2D eigenvalue weighted by molar-refractivity contribution is 9.10. The van der Waals surface area contributed by atoms with Gasteiger partial charge in [0, 0.05) is 23.2 Å². The molecular formula is C13H15BrN2O3. The van der Waals surface area contributed by atoms with E-state index in [0.29, 0.717) is 6.54 Å². The summed E-state index contributed by atoms with van der Waals surface area (Å²) in [5.41, 5.74) is 0.723. The number of benzene rings is 1. The van der Waals surface area contributed by atoms with Gasteiger partial charge in [0.15, 0.2) is 0 Å². The molecular weight excluding hydrogens is 312 g/mol. The van der Waals surface area contributed by atoms with Crippen molar-refractivity contribution in [3.05, 3.63) is 28.7 Å². The molecule has 0 saturated carbocycles. The summed E-state index contributed by atoms with van der Waals surface area (Å²) in [5, 5.41) is 11.8. The van der Waals surface area contributed by atoms with Crippen molar-refractivity contribution < 1.29 is 14.7 Å². The molecule has 19 heavy (non-hydrogen) atoms. The molecule has 0 radical (unpaired) electrons. The summed E-state index contributed by atoms with van der Waals surface area (Å²) in [6.45, 7) is 0.787. The van der Waals surface area contributed by atoms with Gasteiger partial charge in [0.05, 0.1) is 5.92 Å². The van der Waals surface area contributed by atoms with E-state index in [9.17, 15) is 9.59 Å². The van der Waals surface area contributed by atoms with Gasteiger partial charge in [0.1, 0.15) is 0 Å². The number of carbonyl (C=O) groups is 2. The highest BCUT2D eigenvalue weighted by Crippen LogP contribution is 2.20. The number of anilines is 1. The van der Waals surface area contributed by atoms with E-state index in [4.69, 9.17) is 5.11 Å². The Hall–Kier alpha value is -1.56. The lowest BCUT2D eigenvalue weighted by Crippen LogP contribution is -2.43. The van der Waals surface area contributed by atoms with Crippen LogP contribution in [0.1, 0.15) is 12.8 Å². The molecule has 1 aromatic carbocycles. The Morgan fingerprint density at radius 1 is 1.32 bits per heavy atom. The van der Waals surface area contributed by atoms with Crippen LogP contribution in [0.5, 0.6) is 0 Å². The Bertz CT molecular complexity index is 475. The van der Waals surface area contributed by atoms with Crippen molar-refractivity contribution in [2.24, 2.45) is 5.92 Å². The Morgan fingerprint density at radius 2 is 2.00 bits per heavy atom. The maximum Gasteiger partial charge on any atom is 0.407 e. The number of rotatable bonds is 2. The second-order valence-corrected chi connectivity index (χ2v) is 5.48. The molecule has 102 valence electrons. The molecule has 0 bridgehead atoms. The maximum atomic E-state index is 12.1. The smallest absolute Gasteiger partial charge is 0.407 e. The fraction of sp³-hybridized carbons (Fsp3) is 0.385. The lowest BCUT2D eigenvalue weighted by Gasteiger charge is -2.29. The predicted molar refractivity (Wildman–Crippen MR) is 75.1 cm³/mol. The molecule has 1 aromatic rings. The predicted octanol–water partition coefficient (Wildman–Crippen LogP) is 2.78. The SMILES string of the molecule is O=C(Nc1ccc(Br)cc1)C1CCCN(C(=O)O)C1. The summed E-state index contributed by atoms with van der Waals surface area (Å²) in [7, 11) is 0. The van der Waals surface area contributed by atoms with Gasteiger partial charge in [0.25, 0.3) is 0 Å². The van der Waals surface area contributed by atoms with E-state index < -0.39 is 6.09 Å². The van der Waals surface area contributed by atoms with Crippen LogP contribution >= 0.6 is 15.9 Å². The third-order valence-corrected chi connectivity index (χ3v) is 3.70. The molecule has 1 atom stereocenters. The molecule has 1 heterocycles. The standard InChI is InChI=1S/C13H15BrN2O3/c14-10-3-5-11(6-4-10)15-12(17)9-2-1-7-16(8-9)13(18)19/h3-6,9H,1-2,7-8H2,(H,15,17)(H,18,19). The monoisotopic (exact) mass is 326 g/mol. The fourth-order valence-electron chi connectivity index (χ4n) is 2.14. The van der Waals surface area contributed by atoms with Crippen molar-refractivity contribution in [3.63, 3.8) is 0 Å². The van der Waals surface area contributed by atoms with Gasteiger partial charge >= 0.3 is 6.09 Å². The first-order valence-corrected chi connectivity index (χ1v) is 6.90. The molecule has 6 heteroatoms. The quantitative estimate of drug-likeness (QED) is 0.877. The van der Waals surface area contributed by atoms with Crippen LogP contribution in [-0.2, 0) is 4.79 Å². The van der Waals surface area contributed by atoms with Gasteiger partial charge in [-0.1, -0.05) is 15.9 Å². The van der Waals surface area contributed by atoms with Crippen LogP contribution in [0.15, 0.2) is 28.7 Å². The number of piperidine rings is 1. The van der Waals surface area contributed by atoms with E-state index in [2.05, 4.69) is 21.2 Å². The number of nitrogens with one attached hydrogen (secondary N) is 1. The molecule has 2 N–H and O–H groups in total. The van der Waals surface area contributed by atoms with Crippen LogP contribution in [-0.4, -0.2) is 35.1 Å². The maximum absolute atomic E-state index is 12.1. The summed E-state index contributed by atoms with van der Waals surface area (Å²) in [4.78, 5) is 24.3. The van der Waals surface area contributed by atoms with Gasteiger partial charge in [-0.3, -0.25) is 4.79 Å². The molecule has 1 aliphatic heterocycles. The molecule has 5 nitrogen and oxygen atoms in total. The number of likely N-dealkylation sites (tertiary alicyclic amines) is 1. The minimum Gasteiger partial charge on any atom is -0.465 e. The van der Waals surface area contributed by atoms with Gasteiger partial charge in [-0.15, -0.1) is 0 Å². The molecule has 1 saturated heterocycles. The zero-order chi connectivity index (χ0) is 13.8. The molecule has 0 spiro atoms. The molecule has 1 fully saturated rings. The van der Waals surface area contributed by atoms with Gasteiger partial charge in [0.2, 0.25) is 5.91 Å². The van der Waals surface area contributed by atoms with E-state index >= 15 is 0 Å². The fourth-order valence-corrected chi connectivity index (χ4v) is 2.41. The van der Waals surface area contributed by atoms with Crippen LogP contribution < -0.4 is 5.32 Å². The lowest BCUT2D eigenvalue weighted by atomic mass is 9.97. The molecule has 2 amide bonds. The highest BCUT2D eigenvalue weighted by atomic mass is 79.9. The highest BCUT2D eigenvalue weighted by Gasteiger charge is 2.28. The third-order valence-electron chi connectivity index (χ3n) is 3.17. The largest absolute Gasteiger partial charge is 0.465 e. The van der Waals surface area contributed by atoms with Crippen LogP contribution in [0.25, 0.3) is 0 Å². The first-order chi connectivity index (χ1) is 9.06. The van der Waals surface area contributed by atoms with Crippen LogP contribution in [0.4, 0.5) is 10.5 Å². The Labute approximate surface area is 119 Å². The minimum absolute atomic E-state index is 0.117. The third kappa shape index (κ3) is 3.70. The van der Waals surface area contributed by atoms with Crippen LogP contribution in [0, 0.1) is 5.92 Å². The van der Waals surface area contributed by atoms with Crippen molar-refractivity contribution in [2.75, 3.05) is 18.4 Å². The van der Waals surface area contributed by atoms with Gasteiger partial charge in [-0.2, -0.15) is 0 Å². The number of nitrogens with zero attached hydrogens (tertiary/aromatic N) is 1. The Morgan fingerprint density at radius 3 is 2.63 bits per heavy atom. The summed E-state index contributed by atoms with van der Waals surface area (Å²) in [6.07, 6.45) is 0.498. The topological polar surface area (TPSA) is 69.6 Å². The number of hydrogen-bond acceptors (Lipinski definition) is 2. The van der Waals surface area contributed by atoms with Crippen molar-refractivity contribution in [3.8, 4) is 0 Å². The first-order valence-electron chi connectivity index (χ1n) is 6.10. The minimum atomic E-state index is -0.957. The molecule has 1 unspecified atom stereocenters. The van der Waals surface area contributed by atoms with E-state index in [0.717, 1.165) is 23.0 Å². The van der Waals surface area contributed by atoms with Crippen LogP contribution in [0.2, 0.25) is 0 Å². The van der Waals surface area contributed by atoms with Crippen LogP contribution in [0.3, 0.4) is 0 Å². The van der Waals surface area contributed by atoms with Gasteiger partial charge in [-0.05, 0) is 37.1 Å². The number of hydrogen-bond donors (Lipinski definition) is 2. The molecule has 0 aromatic heterocycles.